The number of benzene rings is 2. The first-order valence-corrected chi connectivity index (χ1v) is 10.4. The monoisotopic (exact) mass is 389 g/mol. The molecule has 0 heterocycles. The molecule has 0 aliphatic heterocycles. The maximum absolute atomic E-state index is 13.3. The van der Waals surface area contributed by atoms with E-state index in [4.69, 9.17) is 4.18 Å². The fraction of sp³-hybridized carbons (Fsp3) is 0.381. The lowest BCUT2D eigenvalue weighted by molar-refractivity contribution is 0.244. The summed E-state index contributed by atoms with van der Waals surface area (Å²) in [6.07, 6.45) is 3.06. The molecule has 0 spiro atoms. The van der Waals surface area contributed by atoms with Crippen molar-refractivity contribution in [1.82, 2.24) is 0 Å². The standard InChI is InChI=1S/C21H24FNO3S/c1-3-4-5-14-21(15-23,18-8-10-19(22)11-9-18)16-26-27(24,25)20-12-6-17(2)7-13-20/h6-13H,3-5,14,16H2,1-2H3. The van der Waals surface area contributed by atoms with E-state index in [1.54, 1.807) is 12.1 Å². The Hall–Kier alpha value is -2.23. The van der Waals surface area contributed by atoms with Crippen molar-refractivity contribution in [1.29, 1.82) is 5.26 Å². The number of rotatable bonds is 9. The first kappa shape index (κ1) is 21.1. The summed E-state index contributed by atoms with van der Waals surface area (Å²) >= 11 is 0. The normalized spacial score (nSPS) is 13.7. The second-order valence-corrected chi connectivity index (χ2v) is 8.30. The zero-order valence-electron chi connectivity index (χ0n) is 15.6. The second-order valence-electron chi connectivity index (χ2n) is 6.69. The van der Waals surface area contributed by atoms with Crippen LogP contribution in [0.15, 0.2) is 53.4 Å². The lowest BCUT2D eigenvalue weighted by Crippen LogP contribution is -2.32. The minimum Gasteiger partial charge on any atom is -0.264 e. The predicted octanol–water partition coefficient (Wildman–Crippen LogP) is 4.88. The Labute approximate surface area is 160 Å². The molecule has 0 fully saturated rings. The maximum atomic E-state index is 13.3. The average molecular weight is 389 g/mol. The van der Waals surface area contributed by atoms with Gasteiger partial charge in [0.15, 0.2) is 0 Å². The Kier molecular flexibility index (Phi) is 7.11. The van der Waals surface area contributed by atoms with Gasteiger partial charge >= 0.3 is 0 Å². The Balaban J connectivity index is 2.29. The molecule has 0 saturated carbocycles. The Morgan fingerprint density at radius 3 is 2.26 bits per heavy atom. The van der Waals surface area contributed by atoms with Gasteiger partial charge in [-0.15, -0.1) is 0 Å². The Morgan fingerprint density at radius 2 is 1.70 bits per heavy atom. The molecule has 6 heteroatoms. The lowest BCUT2D eigenvalue weighted by Gasteiger charge is -2.27. The van der Waals surface area contributed by atoms with E-state index in [9.17, 15) is 18.1 Å². The summed E-state index contributed by atoms with van der Waals surface area (Å²) in [6.45, 7) is 3.60. The molecule has 144 valence electrons. The molecule has 1 atom stereocenters. The van der Waals surface area contributed by atoms with Gasteiger partial charge in [-0.1, -0.05) is 56.0 Å². The average Bonchev–Trinajstić information content (AvgIpc) is 2.66. The van der Waals surface area contributed by atoms with Crippen LogP contribution in [0.4, 0.5) is 4.39 Å². The smallest absolute Gasteiger partial charge is 0.264 e. The molecular formula is C21H24FNO3S. The highest BCUT2D eigenvalue weighted by molar-refractivity contribution is 7.86. The van der Waals surface area contributed by atoms with Crippen molar-refractivity contribution in [3.05, 3.63) is 65.5 Å². The van der Waals surface area contributed by atoms with Crippen LogP contribution >= 0.6 is 0 Å². The molecule has 0 aromatic heterocycles. The van der Waals surface area contributed by atoms with E-state index >= 15 is 0 Å². The Bertz CT molecular complexity index is 887. The van der Waals surface area contributed by atoms with Gasteiger partial charge in [0.25, 0.3) is 10.1 Å². The Morgan fingerprint density at radius 1 is 1.07 bits per heavy atom. The number of hydrogen-bond acceptors (Lipinski definition) is 4. The van der Waals surface area contributed by atoms with Gasteiger partial charge in [0.1, 0.15) is 11.2 Å². The van der Waals surface area contributed by atoms with E-state index in [0.29, 0.717) is 12.0 Å². The molecule has 0 saturated heterocycles. The molecule has 27 heavy (non-hydrogen) atoms. The molecule has 0 radical (unpaired) electrons. The summed E-state index contributed by atoms with van der Waals surface area (Å²) in [7, 11) is -3.99. The van der Waals surface area contributed by atoms with Gasteiger partial charge in [-0.05, 0) is 43.2 Å². The summed E-state index contributed by atoms with van der Waals surface area (Å²) in [5.74, 6) is -0.410. The van der Waals surface area contributed by atoms with Crippen LogP contribution in [-0.4, -0.2) is 15.0 Å². The van der Waals surface area contributed by atoms with E-state index in [0.717, 1.165) is 24.8 Å². The van der Waals surface area contributed by atoms with Crippen molar-refractivity contribution in [2.45, 2.75) is 49.8 Å². The largest absolute Gasteiger partial charge is 0.297 e. The van der Waals surface area contributed by atoms with Gasteiger partial charge in [0, 0.05) is 0 Å². The zero-order chi connectivity index (χ0) is 19.9. The van der Waals surface area contributed by atoms with Gasteiger partial charge in [0.2, 0.25) is 0 Å². The topological polar surface area (TPSA) is 67.2 Å². The van der Waals surface area contributed by atoms with Crippen molar-refractivity contribution in [2.24, 2.45) is 0 Å². The third-order valence-corrected chi connectivity index (χ3v) is 5.87. The fourth-order valence-electron chi connectivity index (χ4n) is 2.85. The number of halogens is 1. The van der Waals surface area contributed by atoms with E-state index in [2.05, 4.69) is 6.07 Å². The van der Waals surface area contributed by atoms with Gasteiger partial charge in [-0.2, -0.15) is 13.7 Å². The van der Waals surface area contributed by atoms with Crippen molar-refractivity contribution in [3.8, 4) is 6.07 Å². The lowest BCUT2D eigenvalue weighted by atomic mass is 9.78. The summed E-state index contributed by atoms with van der Waals surface area (Å²) in [5, 5.41) is 9.88. The van der Waals surface area contributed by atoms with Crippen LogP contribution in [-0.2, 0) is 19.7 Å². The minimum absolute atomic E-state index is 0.0487. The van der Waals surface area contributed by atoms with Crippen molar-refractivity contribution in [3.63, 3.8) is 0 Å². The van der Waals surface area contributed by atoms with Crippen LogP contribution < -0.4 is 0 Å². The van der Waals surface area contributed by atoms with E-state index in [1.807, 2.05) is 13.8 Å². The van der Waals surface area contributed by atoms with Crippen LogP contribution in [0.2, 0.25) is 0 Å². The van der Waals surface area contributed by atoms with Gasteiger partial charge in [-0.3, -0.25) is 4.18 Å². The number of aryl methyl sites for hydroxylation is 1. The number of nitrogens with zero attached hydrogens (tertiary/aromatic N) is 1. The summed E-state index contributed by atoms with van der Waals surface area (Å²) in [6, 6.07) is 14.2. The molecule has 4 nitrogen and oxygen atoms in total. The first-order valence-electron chi connectivity index (χ1n) is 8.96. The fourth-order valence-corrected chi connectivity index (χ4v) is 3.81. The highest BCUT2D eigenvalue weighted by atomic mass is 32.2. The molecule has 0 N–H and O–H groups in total. The molecular weight excluding hydrogens is 365 g/mol. The highest BCUT2D eigenvalue weighted by Crippen LogP contribution is 2.32. The number of nitriles is 1. The molecule has 0 amide bonds. The van der Waals surface area contributed by atoms with Crippen molar-refractivity contribution in [2.75, 3.05) is 6.61 Å². The summed E-state index contributed by atoms with van der Waals surface area (Å²) in [4.78, 5) is 0.0487. The summed E-state index contributed by atoms with van der Waals surface area (Å²) < 4.78 is 43.6. The third kappa shape index (κ3) is 5.38. The van der Waals surface area contributed by atoms with Crippen LogP contribution in [0.5, 0.6) is 0 Å². The van der Waals surface area contributed by atoms with Crippen LogP contribution in [0.25, 0.3) is 0 Å². The predicted molar refractivity (Wildman–Crippen MR) is 102 cm³/mol. The van der Waals surface area contributed by atoms with E-state index in [-0.39, 0.29) is 11.5 Å². The molecule has 2 aromatic rings. The van der Waals surface area contributed by atoms with Gasteiger partial charge in [0.05, 0.1) is 17.6 Å². The van der Waals surface area contributed by atoms with Crippen molar-refractivity contribution >= 4 is 10.1 Å². The number of unbranched alkanes of at least 4 members (excludes halogenated alkanes) is 2. The summed E-state index contributed by atoms with van der Waals surface area (Å²) in [5.41, 5.74) is 0.341. The molecule has 1 unspecified atom stereocenters. The maximum Gasteiger partial charge on any atom is 0.297 e. The van der Waals surface area contributed by atoms with E-state index in [1.165, 1.54) is 36.4 Å². The quantitative estimate of drug-likeness (QED) is 0.453. The van der Waals surface area contributed by atoms with Crippen molar-refractivity contribution < 1.29 is 17.0 Å². The highest BCUT2D eigenvalue weighted by Gasteiger charge is 2.35. The van der Waals surface area contributed by atoms with E-state index < -0.39 is 21.4 Å². The third-order valence-electron chi connectivity index (χ3n) is 4.59. The SMILES string of the molecule is CCCCCC(C#N)(COS(=O)(=O)c1ccc(C)cc1)c1ccc(F)cc1. The minimum atomic E-state index is -3.99. The molecule has 2 rings (SSSR count). The number of hydrogen-bond donors (Lipinski definition) is 0. The molecule has 0 bridgehead atoms. The van der Waals surface area contributed by atoms with Gasteiger partial charge in [-0.25, -0.2) is 4.39 Å². The second kappa shape index (κ2) is 9.12. The molecule has 2 aromatic carbocycles. The van der Waals surface area contributed by atoms with Crippen LogP contribution in [0.1, 0.15) is 43.7 Å². The van der Waals surface area contributed by atoms with Crippen LogP contribution in [0, 0.1) is 24.1 Å². The van der Waals surface area contributed by atoms with Gasteiger partial charge < -0.3 is 0 Å². The van der Waals surface area contributed by atoms with Crippen LogP contribution in [0.3, 0.4) is 0 Å². The molecule has 0 aliphatic carbocycles. The molecule has 0 aliphatic rings. The zero-order valence-corrected chi connectivity index (χ0v) is 16.4. The first-order chi connectivity index (χ1) is 12.8.